The Morgan fingerprint density at radius 3 is 2.00 bits per heavy atom. The van der Waals surface area contributed by atoms with Crippen LogP contribution in [0.5, 0.6) is 11.5 Å². The topological polar surface area (TPSA) is 68.3 Å². The second-order valence-electron chi connectivity index (χ2n) is 2.41. The molecule has 13 heavy (non-hydrogen) atoms. The molecule has 0 heterocycles. The van der Waals surface area contributed by atoms with Crippen molar-refractivity contribution >= 4 is 5.69 Å². The largest absolute Gasteiger partial charge is 0.495 e. The molecule has 0 saturated carbocycles. The molecule has 0 fully saturated rings. The van der Waals surface area contributed by atoms with Gasteiger partial charge < -0.3 is 15.2 Å². The third-order valence-electron chi connectivity index (χ3n) is 1.64. The molecular weight excluding hydrogens is 168 g/mol. The molecule has 0 atom stereocenters. The minimum atomic E-state index is 0.360. The maximum Gasteiger partial charge on any atom is 0.142 e. The number of ether oxygens (including phenoxy) is 2. The van der Waals surface area contributed by atoms with Crippen LogP contribution in [0.3, 0.4) is 0 Å². The molecule has 4 heteroatoms. The van der Waals surface area contributed by atoms with Crippen LogP contribution in [-0.2, 0) is 0 Å². The maximum atomic E-state index is 8.80. The van der Waals surface area contributed by atoms with Crippen LogP contribution in [-0.4, -0.2) is 14.2 Å². The summed E-state index contributed by atoms with van der Waals surface area (Å²) in [4.78, 5) is 0. The van der Waals surface area contributed by atoms with E-state index >= 15 is 0 Å². The monoisotopic (exact) mass is 178 g/mol. The zero-order valence-corrected chi connectivity index (χ0v) is 7.50. The normalized spacial score (nSPS) is 9.00. The van der Waals surface area contributed by atoms with Gasteiger partial charge in [0, 0.05) is 17.8 Å². The van der Waals surface area contributed by atoms with Gasteiger partial charge in [0.1, 0.15) is 23.1 Å². The lowest BCUT2D eigenvalue weighted by Gasteiger charge is -2.08. The highest BCUT2D eigenvalue weighted by Crippen LogP contribution is 2.30. The molecule has 4 nitrogen and oxygen atoms in total. The fraction of sp³-hybridized carbons (Fsp3) is 0.222. The van der Waals surface area contributed by atoms with E-state index in [4.69, 9.17) is 20.5 Å². The van der Waals surface area contributed by atoms with Gasteiger partial charge in [-0.15, -0.1) is 0 Å². The Balaban J connectivity index is 3.36. The molecule has 0 aromatic heterocycles. The first-order valence-electron chi connectivity index (χ1n) is 3.64. The quantitative estimate of drug-likeness (QED) is 0.690. The van der Waals surface area contributed by atoms with E-state index in [-0.39, 0.29) is 0 Å². The standard InChI is InChI=1S/C9H10N2O2/c1-12-8-3-6(11)4-9(13-2)7(8)5-10/h3-4H,11H2,1-2H3. The van der Waals surface area contributed by atoms with E-state index in [1.807, 2.05) is 6.07 Å². The van der Waals surface area contributed by atoms with Crippen molar-refractivity contribution in [1.82, 2.24) is 0 Å². The molecule has 2 N–H and O–H groups in total. The third kappa shape index (κ3) is 1.64. The number of hydrogen-bond donors (Lipinski definition) is 1. The van der Waals surface area contributed by atoms with Gasteiger partial charge >= 0.3 is 0 Å². The SMILES string of the molecule is COc1cc(N)cc(OC)c1C#N. The van der Waals surface area contributed by atoms with Crippen LogP contribution >= 0.6 is 0 Å². The summed E-state index contributed by atoms with van der Waals surface area (Å²) in [6, 6.07) is 5.16. The molecule has 0 bridgehead atoms. The number of hydrogen-bond acceptors (Lipinski definition) is 4. The predicted molar refractivity (Wildman–Crippen MR) is 48.7 cm³/mol. The number of nitrogens with zero attached hydrogens (tertiary/aromatic N) is 1. The van der Waals surface area contributed by atoms with Crippen LogP contribution in [0.2, 0.25) is 0 Å². The number of methoxy groups -OCH3 is 2. The van der Waals surface area contributed by atoms with Gasteiger partial charge in [0.15, 0.2) is 0 Å². The Bertz CT molecular complexity index is 330. The molecule has 0 amide bonds. The highest BCUT2D eigenvalue weighted by Gasteiger charge is 2.10. The highest BCUT2D eigenvalue weighted by molar-refractivity contribution is 5.61. The Morgan fingerprint density at radius 1 is 1.23 bits per heavy atom. The van der Waals surface area contributed by atoms with Crippen LogP contribution < -0.4 is 15.2 Å². The Labute approximate surface area is 76.5 Å². The molecular formula is C9H10N2O2. The van der Waals surface area contributed by atoms with Crippen LogP contribution in [0, 0.1) is 11.3 Å². The number of nitriles is 1. The molecule has 0 saturated heterocycles. The third-order valence-corrected chi connectivity index (χ3v) is 1.64. The molecule has 0 radical (unpaired) electrons. The number of benzene rings is 1. The van der Waals surface area contributed by atoms with Gasteiger partial charge in [-0.2, -0.15) is 5.26 Å². The predicted octanol–water partition coefficient (Wildman–Crippen LogP) is 1.16. The van der Waals surface area contributed by atoms with Crippen molar-refractivity contribution in [3.63, 3.8) is 0 Å². The summed E-state index contributed by atoms with van der Waals surface area (Å²) in [7, 11) is 2.96. The van der Waals surface area contributed by atoms with Crippen molar-refractivity contribution in [2.45, 2.75) is 0 Å². The molecule has 0 spiro atoms. The summed E-state index contributed by atoms with van der Waals surface area (Å²) in [6.07, 6.45) is 0. The lowest BCUT2D eigenvalue weighted by molar-refractivity contribution is 0.392. The number of nitrogen functional groups attached to an aromatic ring is 1. The molecule has 1 rings (SSSR count). The van der Waals surface area contributed by atoms with Crippen LogP contribution in [0.4, 0.5) is 5.69 Å². The first kappa shape index (κ1) is 9.20. The smallest absolute Gasteiger partial charge is 0.142 e. The molecule has 0 aliphatic heterocycles. The van der Waals surface area contributed by atoms with Crippen LogP contribution in [0.25, 0.3) is 0 Å². The fourth-order valence-electron chi connectivity index (χ4n) is 1.04. The van der Waals surface area contributed by atoms with E-state index in [9.17, 15) is 0 Å². The average molecular weight is 178 g/mol. The van der Waals surface area contributed by atoms with Crippen molar-refractivity contribution in [1.29, 1.82) is 5.26 Å². The van der Waals surface area contributed by atoms with E-state index in [1.54, 1.807) is 12.1 Å². The molecule has 0 aliphatic carbocycles. The van der Waals surface area contributed by atoms with Crippen molar-refractivity contribution in [2.24, 2.45) is 0 Å². The minimum Gasteiger partial charge on any atom is -0.495 e. The van der Waals surface area contributed by atoms with Gasteiger partial charge in [-0.05, 0) is 0 Å². The fourth-order valence-corrected chi connectivity index (χ4v) is 1.04. The minimum absolute atomic E-state index is 0.360. The van der Waals surface area contributed by atoms with Gasteiger partial charge in [0.2, 0.25) is 0 Å². The Morgan fingerprint density at radius 2 is 1.69 bits per heavy atom. The number of nitrogens with two attached hydrogens (primary N) is 1. The van der Waals surface area contributed by atoms with Crippen molar-refractivity contribution < 1.29 is 9.47 Å². The second kappa shape index (κ2) is 3.68. The number of rotatable bonds is 2. The first-order valence-corrected chi connectivity index (χ1v) is 3.64. The number of anilines is 1. The van der Waals surface area contributed by atoms with E-state index in [0.717, 1.165) is 0 Å². The summed E-state index contributed by atoms with van der Waals surface area (Å²) >= 11 is 0. The van der Waals surface area contributed by atoms with Gasteiger partial charge in [-0.1, -0.05) is 0 Å². The summed E-state index contributed by atoms with van der Waals surface area (Å²) in [5.74, 6) is 0.860. The van der Waals surface area contributed by atoms with Gasteiger partial charge in [0.05, 0.1) is 14.2 Å². The second-order valence-corrected chi connectivity index (χ2v) is 2.41. The van der Waals surface area contributed by atoms with Crippen LogP contribution in [0.1, 0.15) is 5.56 Å². The molecule has 1 aromatic carbocycles. The molecule has 0 unspecified atom stereocenters. The van der Waals surface area contributed by atoms with Gasteiger partial charge in [-0.25, -0.2) is 0 Å². The Hall–Kier alpha value is -1.89. The first-order chi connectivity index (χ1) is 6.22. The van der Waals surface area contributed by atoms with Crippen molar-refractivity contribution in [2.75, 3.05) is 20.0 Å². The molecule has 68 valence electrons. The van der Waals surface area contributed by atoms with Gasteiger partial charge in [0.25, 0.3) is 0 Å². The summed E-state index contributed by atoms with van der Waals surface area (Å²) in [5, 5.41) is 8.80. The maximum absolute atomic E-state index is 8.80. The molecule has 1 aromatic rings. The summed E-state index contributed by atoms with van der Waals surface area (Å²) in [6.45, 7) is 0. The lowest BCUT2D eigenvalue weighted by atomic mass is 10.2. The van der Waals surface area contributed by atoms with Crippen molar-refractivity contribution in [3.8, 4) is 17.6 Å². The van der Waals surface area contributed by atoms with E-state index in [2.05, 4.69) is 0 Å². The zero-order valence-electron chi connectivity index (χ0n) is 7.50. The van der Waals surface area contributed by atoms with Gasteiger partial charge in [-0.3, -0.25) is 0 Å². The lowest BCUT2D eigenvalue weighted by Crippen LogP contribution is -1.95. The van der Waals surface area contributed by atoms with E-state index in [0.29, 0.717) is 22.7 Å². The van der Waals surface area contributed by atoms with E-state index < -0.39 is 0 Å². The van der Waals surface area contributed by atoms with E-state index in [1.165, 1.54) is 14.2 Å². The molecule has 0 aliphatic rings. The summed E-state index contributed by atoms with van der Waals surface area (Å²) < 4.78 is 9.95. The average Bonchev–Trinajstić information content (AvgIpc) is 2.16. The Kier molecular flexibility index (Phi) is 2.60. The van der Waals surface area contributed by atoms with Crippen molar-refractivity contribution in [3.05, 3.63) is 17.7 Å². The summed E-state index contributed by atoms with van der Waals surface area (Å²) in [5.41, 5.74) is 6.43. The van der Waals surface area contributed by atoms with Crippen LogP contribution in [0.15, 0.2) is 12.1 Å². The highest BCUT2D eigenvalue weighted by atomic mass is 16.5. The zero-order chi connectivity index (χ0) is 9.84.